The molecule has 0 aliphatic rings. The number of aromatic nitrogens is 2. The Bertz CT molecular complexity index is 1020. The molecule has 7 heteroatoms. The summed E-state index contributed by atoms with van der Waals surface area (Å²) in [6, 6.07) is 6.57. The van der Waals surface area contributed by atoms with Crippen molar-refractivity contribution in [3.8, 4) is 17.0 Å². The third-order valence-corrected chi connectivity index (χ3v) is 5.25. The number of ether oxygens (including phenoxy) is 1. The molecule has 0 unspecified atom stereocenters. The summed E-state index contributed by atoms with van der Waals surface area (Å²) in [5.41, 5.74) is 4.66. The van der Waals surface area contributed by atoms with E-state index in [-0.39, 0.29) is 18.1 Å². The van der Waals surface area contributed by atoms with Crippen LogP contribution in [0.2, 0.25) is 0 Å². The van der Waals surface area contributed by atoms with Crippen molar-refractivity contribution in [2.45, 2.75) is 26.8 Å². The minimum absolute atomic E-state index is 0.0592. The van der Waals surface area contributed by atoms with E-state index in [0.29, 0.717) is 10.7 Å². The summed E-state index contributed by atoms with van der Waals surface area (Å²) < 4.78 is 20.8. The van der Waals surface area contributed by atoms with Gasteiger partial charge in [-0.15, -0.1) is 17.9 Å². The van der Waals surface area contributed by atoms with Gasteiger partial charge in [-0.2, -0.15) is 0 Å². The van der Waals surface area contributed by atoms with Gasteiger partial charge < -0.3 is 14.6 Å². The van der Waals surface area contributed by atoms with Gasteiger partial charge in [0.15, 0.2) is 16.7 Å². The molecule has 3 rings (SSSR count). The number of methoxy groups -OCH3 is 1. The topological polar surface area (TPSA) is 56.2 Å². The molecular weight excluding hydrogens is 377 g/mol. The molecule has 1 N–H and O–H groups in total. The number of anilines is 1. The van der Waals surface area contributed by atoms with Gasteiger partial charge in [-0.25, -0.2) is 9.37 Å². The third-order valence-electron chi connectivity index (χ3n) is 4.49. The minimum Gasteiger partial charge on any atom is -0.494 e. The molecule has 28 heavy (non-hydrogen) atoms. The van der Waals surface area contributed by atoms with Crippen LogP contribution in [0.15, 0.2) is 42.3 Å². The Morgan fingerprint density at radius 3 is 2.86 bits per heavy atom. The fraction of sp³-hybridized carbons (Fsp3) is 0.238. The summed E-state index contributed by atoms with van der Waals surface area (Å²) in [7, 11) is 1.40. The Kier molecular flexibility index (Phi) is 5.94. The predicted octanol–water partition coefficient (Wildman–Crippen LogP) is 4.74. The SMILES string of the molecule is C=CCn1c(C)cc(-c2csc(NC(=O)Cc3ccc(OC)c(F)c3)n2)c1C. The highest BCUT2D eigenvalue weighted by Crippen LogP contribution is 2.30. The van der Waals surface area contributed by atoms with Crippen LogP contribution in [0.1, 0.15) is 17.0 Å². The third kappa shape index (κ3) is 4.14. The van der Waals surface area contributed by atoms with Gasteiger partial charge in [-0.1, -0.05) is 12.1 Å². The zero-order valence-corrected chi connectivity index (χ0v) is 16.9. The highest BCUT2D eigenvalue weighted by molar-refractivity contribution is 7.14. The second kappa shape index (κ2) is 8.39. The van der Waals surface area contributed by atoms with Crippen LogP contribution < -0.4 is 10.1 Å². The van der Waals surface area contributed by atoms with E-state index in [9.17, 15) is 9.18 Å². The molecule has 146 valence electrons. The van der Waals surface area contributed by atoms with Crippen molar-refractivity contribution >= 4 is 22.4 Å². The molecule has 0 aliphatic carbocycles. The number of amides is 1. The summed E-state index contributed by atoms with van der Waals surface area (Å²) in [4.78, 5) is 16.8. The van der Waals surface area contributed by atoms with Crippen molar-refractivity contribution in [3.63, 3.8) is 0 Å². The first-order valence-electron chi connectivity index (χ1n) is 8.78. The number of carbonyl (C=O) groups excluding carboxylic acids is 1. The average Bonchev–Trinajstić information content (AvgIpc) is 3.21. The van der Waals surface area contributed by atoms with E-state index in [2.05, 4.69) is 27.5 Å². The second-order valence-corrected chi connectivity index (χ2v) is 7.27. The Morgan fingerprint density at radius 1 is 1.39 bits per heavy atom. The Labute approximate surface area is 167 Å². The summed E-state index contributed by atoms with van der Waals surface area (Å²) in [6.45, 7) is 8.62. The van der Waals surface area contributed by atoms with Crippen LogP contribution in [0.3, 0.4) is 0 Å². The van der Waals surface area contributed by atoms with Crippen molar-refractivity contribution in [2.75, 3.05) is 12.4 Å². The van der Waals surface area contributed by atoms with Crippen LogP contribution in [-0.4, -0.2) is 22.6 Å². The molecule has 0 atom stereocenters. The van der Waals surface area contributed by atoms with Gasteiger partial charge in [-0.3, -0.25) is 4.79 Å². The number of nitrogens with one attached hydrogen (secondary N) is 1. The van der Waals surface area contributed by atoms with E-state index in [0.717, 1.165) is 29.2 Å². The van der Waals surface area contributed by atoms with E-state index in [1.807, 2.05) is 25.3 Å². The predicted molar refractivity (Wildman–Crippen MR) is 110 cm³/mol. The maximum atomic E-state index is 13.8. The van der Waals surface area contributed by atoms with Gasteiger partial charge in [0.1, 0.15) is 0 Å². The molecule has 0 bridgehead atoms. The zero-order valence-electron chi connectivity index (χ0n) is 16.1. The standard InChI is InChI=1S/C21H22FN3O2S/c1-5-8-25-13(2)9-16(14(25)3)18-12-28-21(23-18)24-20(26)11-15-6-7-19(27-4)17(22)10-15/h5-7,9-10,12H,1,8,11H2,2-4H3,(H,23,24,26). The molecular formula is C21H22FN3O2S. The molecule has 1 amide bonds. The lowest BCUT2D eigenvalue weighted by atomic mass is 10.1. The molecule has 1 aromatic carbocycles. The minimum atomic E-state index is -0.487. The van der Waals surface area contributed by atoms with Crippen LogP contribution in [0.4, 0.5) is 9.52 Å². The van der Waals surface area contributed by atoms with E-state index in [4.69, 9.17) is 4.74 Å². The van der Waals surface area contributed by atoms with Crippen LogP contribution >= 0.6 is 11.3 Å². The van der Waals surface area contributed by atoms with Crippen molar-refractivity contribution in [2.24, 2.45) is 0 Å². The van der Waals surface area contributed by atoms with Gasteiger partial charge in [-0.05, 0) is 37.6 Å². The second-order valence-electron chi connectivity index (χ2n) is 6.42. The molecule has 3 aromatic rings. The molecule has 2 heterocycles. The van der Waals surface area contributed by atoms with Crippen molar-refractivity contribution in [1.29, 1.82) is 0 Å². The van der Waals surface area contributed by atoms with Crippen molar-refractivity contribution in [1.82, 2.24) is 9.55 Å². The van der Waals surface area contributed by atoms with Gasteiger partial charge >= 0.3 is 0 Å². The number of aryl methyl sites for hydroxylation is 1. The molecule has 5 nitrogen and oxygen atoms in total. The van der Waals surface area contributed by atoms with E-state index in [1.54, 1.807) is 6.07 Å². The van der Waals surface area contributed by atoms with Gasteiger partial charge in [0.2, 0.25) is 5.91 Å². The largest absolute Gasteiger partial charge is 0.494 e. The number of halogens is 1. The molecule has 0 aliphatic heterocycles. The lowest BCUT2D eigenvalue weighted by molar-refractivity contribution is -0.115. The maximum Gasteiger partial charge on any atom is 0.230 e. The normalized spacial score (nSPS) is 10.7. The molecule has 2 aromatic heterocycles. The van der Waals surface area contributed by atoms with Crippen molar-refractivity contribution in [3.05, 3.63) is 65.1 Å². The number of carbonyl (C=O) groups is 1. The zero-order chi connectivity index (χ0) is 20.3. The van der Waals surface area contributed by atoms with Crippen LogP contribution in [0.5, 0.6) is 5.75 Å². The lowest BCUT2D eigenvalue weighted by Gasteiger charge is -2.06. The molecule has 0 fully saturated rings. The highest BCUT2D eigenvalue weighted by atomic mass is 32.1. The number of benzene rings is 1. The summed E-state index contributed by atoms with van der Waals surface area (Å²) in [5, 5.41) is 5.22. The highest BCUT2D eigenvalue weighted by Gasteiger charge is 2.15. The summed E-state index contributed by atoms with van der Waals surface area (Å²) in [5.74, 6) is -0.579. The number of thiazole rings is 1. The molecule has 0 radical (unpaired) electrons. The molecule has 0 saturated carbocycles. The fourth-order valence-corrected chi connectivity index (χ4v) is 3.82. The smallest absolute Gasteiger partial charge is 0.230 e. The first-order valence-corrected chi connectivity index (χ1v) is 9.66. The van der Waals surface area contributed by atoms with Crippen LogP contribution in [0.25, 0.3) is 11.3 Å². The maximum absolute atomic E-state index is 13.8. The summed E-state index contributed by atoms with van der Waals surface area (Å²) in [6.07, 6.45) is 1.92. The summed E-state index contributed by atoms with van der Waals surface area (Å²) >= 11 is 1.36. The van der Waals surface area contributed by atoms with Gasteiger partial charge in [0.25, 0.3) is 0 Å². The van der Waals surface area contributed by atoms with Crippen LogP contribution in [0, 0.1) is 19.7 Å². The number of rotatable bonds is 7. The first kappa shape index (κ1) is 19.8. The average molecular weight is 399 g/mol. The first-order chi connectivity index (χ1) is 13.4. The number of allylic oxidation sites excluding steroid dienone is 1. The molecule has 0 saturated heterocycles. The number of hydrogen-bond acceptors (Lipinski definition) is 4. The number of hydrogen-bond donors (Lipinski definition) is 1. The van der Waals surface area contributed by atoms with E-state index >= 15 is 0 Å². The van der Waals surface area contributed by atoms with Gasteiger partial charge in [0, 0.05) is 28.9 Å². The molecule has 0 spiro atoms. The fourth-order valence-electron chi connectivity index (χ4n) is 3.09. The lowest BCUT2D eigenvalue weighted by Crippen LogP contribution is -2.14. The van der Waals surface area contributed by atoms with E-state index < -0.39 is 5.82 Å². The number of nitrogens with zero attached hydrogens (tertiary/aromatic N) is 2. The van der Waals surface area contributed by atoms with Gasteiger partial charge in [0.05, 0.1) is 19.2 Å². The Hall–Kier alpha value is -2.93. The van der Waals surface area contributed by atoms with E-state index in [1.165, 1.54) is 30.6 Å². The quantitative estimate of drug-likeness (QED) is 0.584. The van der Waals surface area contributed by atoms with Crippen molar-refractivity contribution < 1.29 is 13.9 Å². The Balaban J connectivity index is 1.71. The monoisotopic (exact) mass is 399 g/mol. The van der Waals surface area contributed by atoms with Crippen LogP contribution in [-0.2, 0) is 17.8 Å². The Morgan fingerprint density at radius 2 is 2.18 bits per heavy atom.